The average molecular weight is 351 g/mol. The number of carbonyl (C=O) groups excluding carboxylic acids is 1. The fraction of sp³-hybridized carbons (Fsp3) is 0.500. The van der Waals surface area contributed by atoms with Gasteiger partial charge in [-0.15, -0.1) is 0 Å². The van der Waals surface area contributed by atoms with E-state index in [1.54, 1.807) is 18.2 Å². The third-order valence-corrected chi connectivity index (χ3v) is 4.58. The van der Waals surface area contributed by atoms with Crippen LogP contribution in [0.5, 0.6) is 0 Å². The van der Waals surface area contributed by atoms with Crippen LogP contribution < -0.4 is 4.90 Å². The standard InChI is InChI=1S/C18H23ClN2O3/c1-5-11(4)17-18(24)21(9-15(22)23)14-7-6-12(19)8-13(14)16(20-17)10(2)3/h6-8,10-11,17H,5,9H2,1-4H3,(H,22,23)/t11?,17-/m0/s1. The summed E-state index contributed by atoms with van der Waals surface area (Å²) in [5.41, 5.74) is 2.09. The molecule has 0 saturated heterocycles. The summed E-state index contributed by atoms with van der Waals surface area (Å²) >= 11 is 6.14. The molecule has 2 atom stereocenters. The fourth-order valence-electron chi connectivity index (χ4n) is 2.85. The van der Waals surface area contributed by atoms with Gasteiger partial charge in [0.2, 0.25) is 0 Å². The zero-order valence-corrected chi connectivity index (χ0v) is 15.2. The van der Waals surface area contributed by atoms with Crippen molar-refractivity contribution in [3.8, 4) is 0 Å². The van der Waals surface area contributed by atoms with Crippen LogP contribution in [0, 0.1) is 11.8 Å². The minimum absolute atomic E-state index is 0.0207. The van der Waals surface area contributed by atoms with Crippen LogP contribution in [0.4, 0.5) is 5.69 Å². The van der Waals surface area contributed by atoms with Gasteiger partial charge >= 0.3 is 5.97 Å². The molecule has 1 heterocycles. The molecular formula is C18H23ClN2O3. The lowest BCUT2D eigenvalue weighted by molar-refractivity contribution is -0.136. The highest BCUT2D eigenvalue weighted by atomic mass is 35.5. The number of carbonyl (C=O) groups is 2. The van der Waals surface area contributed by atoms with Crippen LogP contribution in [-0.2, 0) is 9.59 Å². The number of rotatable bonds is 5. The Balaban J connectivity index is 2.69. The number of hydrogen-bond acceptors (Lipinski definition) is 3. The lowest BCUT2D eigenvalue weighted by Gasteiger charge is -2.25. The fourth-order valence-corrected chi connectivity index (χ4v) is 3.03. The smallest absolute Gasteiger partial charge is 0.323 e. The summed E-state index contributed by atoms with van der Waals surface area (Å²) in [4.78, 5) is 30.4. The maximum Gasteiger partial charge on any atom is 0.323 e. The van der Waals surface area contributed by atoms with Crippen molar-refractivity contribution < 1.29 is 14.7 Å². The molecule has 1 amide bonds. The molecule has 0 spiro atoms. The number of anilines is 1. The monoisotopic (exact) mass is 350 g/mol. The molecule has 1 unspecified atom stereocenters. The third kappa shape index (κ3) is 3.61. The molecule has 1 aliphatic heterocycles. The van der Waals surface area contributed by atoms with Gasteiger partial charge in [-0.2, -0.15) is 0 Å². The van der Waals surface area contributed by atoms with E-state index in [4.69, 9.17) is 16.6 Å². The predicted octanol–water partition coefficient (Wildman–Crippen LogP) is 3.63. The van der Waals surface area contributed by atoms with E-state index in [2.05, 4.69) is 0 Å². The molecule has 0 radical (unpaired) electrons. The van der Waals surface area contributed by atoms with Crippen molar-refractivity contribution in [2.75, 3.05) is 11.4 Å². The molecule has 0 bridgehead atoms. The Morgan fingerprint density at radius 2 is 2.04 bits per heavy atom. The van der Waals surface area contributed by atoms with Crippen LogP contribution in [0.3, 0.4) is 0 Å². The first-order chi connectivity index (χ1) is 11.3. The normalized spacial score (nSPS) is 18.9. The summed E-state index contributed by atoms with van der Waals surface area (Å²) in [6.45, 7) is 7.59. The highest BCUT2D eigenvalue weighted by molar-refractivity contribution is 6.31. The van der Waals surface area contributed by atoms with Gasteiger partial charge in [0.1, 0.15) is 12.6 Å². The second-order valence-corrected chi connectivity index (χ2v) is 6.92. The third-order valence-electron chi connectivity index (χ3n) is 4.35. The Hall–Kier alpha value is -1.88. The first-order valence-corrected chi connectivity index (χ1v) is 8.54. The number of halogens is 1. The summed E-state index contributed by atoms with van der Waals surface area (Å²) in [7, 11) is 0. The highest BCUT2D eigenvalue weighted by Crippen LogP contribution is 2.32. The van der Waals surface area contributed by atoms with Gasteiger partial charge in [0.15, 0.2) is 0 Å². The molecule has 1 aromatic carbocycles. The zero-order chi connectivity index (χ0) is 18.0. The predicted molar refractivity (Wildman–Crippen MR) is 96.1 cm³/mol. The van der Waals surface area contributed by atoms with Crippen molar-refractivity contribution >= 4 is 34.9 Å². The Kier molecular flexibility index (Phi) is 5.65. The number of hydrogen-bond donors (Lipinski definition) is 1. The van der Waals surface area contributed by atoms with Crippen LogP contribution in [0.1, 0.15) is 39.7 Å². The largest absolute Gasteiger partial charge is 0.480 e. The van der Waals surface area contributed by atoms with Crippen LogP contribution in [0.2, 0.25) is 5.02 Å². The maximum atomic E-state index is 13.0. The van der Waals surface area contributed by atoms with Crippen LogP contribution in [-0.4, -0.2) is 35.3 Å². The van der Waals surface area contributed by atoms with Crippen molar-refractivity contribution in [1.82, 2.24) is 0 Å². The van der Waals surface area contributed by atoms with E-state index in [-0.39, 0.29) is 24.3 Å². The molecule has 2 rings (SSSR count). The minimum Gasteiger partial charge on any atom is -0.480 e. The van der Waals surface area contributed by atoms with E-state index in [0.29, 0.717) is 10.7 Å². The molecule has 0 fully saturated rings. The molecule has 0 saturated carbocycles. The molecule has 5 nitrogen and oxygen atoms in total. The maximum absolute atomic E-state index is 13.0. The summed E-state index contributed by atoms with van der Waals surface area (Å²) in [6, 6.07) is 4.55. The second kappa shape index (κ2) is 7.34. The first kappa shape index (κ1) is 18.5. The second-order valence-electron chi connectivity index (χ2n) is 6.48. The van der Waals surface area contributed by atoms with Gasteiger partial charge < -0.3 is 5.11 Å². The van der Waals surface area contributed by atoms with Crippen LogP contribution in [0.15, 0.2) is 23.2 Å². The number of carboxylic acid groups (broad SMARTS) is 1. The number of aliphatic imine (C=N–C) groups is 1. The Labute approximate surface area is 147 Å². The lowest BCUT2D eigenvalue weighted by atomic mass is 9.96. The van der Waals surface area contributed by atoms with Crippen LogP contribution in [0.25, 0.3) is 0 Å². The van der Waals surface area contributed by atoms with Crippen molar-refractivity contribution in [2.45, 2.75) is 40.2 Å². The summed E-state index contributed by atoms with van der Waals surface area (Å²) in [5.74, 6) is -1.22. The molecule has 1 aliphatic rings. The van der Waals surface area contributed by atoms with E-state index in [0.717, 1.165) is 17.7 Å². The minimum atomic E-state index is -1.06. The molecule has 1 N–H and O–H groups in total. The molecule has 24 heavy (non-hydrogen) atoms. The summed E-state index contributed by atoms with van der Waals surface area (Å²) in [5, 5.41) is 9.79. The Morgan fingerprint density at radius 1 is 1.38 bits per heavy atom. The van der Waals surface area contributed by atoms with E-state index < -0.39 is 12.0 Å². The van der Waals surface area contributed by atoms with Crippen LogP contribution >= 0.6 is 11.6 Å². The van der Waals surface area contributed by atoms with Crippen molar-refractivity contribution in [3.05, 3.63) is 28.8 Å². The van der Waals surface area contributed by atoms with Crippen molar-refractivity contribution in [1.29, 1.82) is 0 Å². The van der Waals surface area contributed by atoms with Gasteiger partial charge in [-0.3, -0.25) is 19.5 Å². The van der Waals surface area contributed by atoms with Crippen molar-refractivity contribution in [3.63, 3.8) is 0 Å². The van der Waals surface area contributed by atoms with E-state index in [1.807, 2.05) is 27.7 Å². The molecule has 6 heteroatoms. The average Bonchev–Trinajstić information content (AvgIpc) is 2.62. The van der Waals surface area contributed by atoms with Gasteiger partial charge in [0.25, 0.3) is 5.91 Å². The Bertz CT molecular complexity index is 685. The van der Waals surface area contributed by atoms with Gasteiger partial charge in [-0.1, -0.05) is 45.7 Å². The van der Waals surface area contributed by atoms with E-state index in [9.17, 15) is 14.7 Å². The number of aliphatic carboxylic acids is 1. The first-order valence-electron chi connectivity index (χ1n) is 8.17. The summed E-state index contributed by atoms with van der Waals surface area (Å²) < 4.78 is 0. The number of nitrogens with zero attached hydrogens (tertiary/aromatic N) is 2. The van der Waals surface area contributed by atoms with Crippen molar-refractivity contribution in [2.24, 2.45) is 16.8 Å². The molecular weight excluding hydrogens is 328 g/mol. The molecule has 130 valence electrons. The molecule has 0 aromatic heterocycles. The summed E-state index contributed by atoms with van der Waals surface area (Å²) in [6.07, 6.45) is 0.781. The van der Waals surface area contributed by atoms with Gasteiger partial charge in [0.05, 0.1) is 5.69 Å². The van der Waals surface area contributed by atoms with Gasteiger partial charge in [0, 0.05) is 16.3 Å². The van der Waals surface area contributed by atoms with E-state index >= 15 is 0 Å². The SMILES string of the molecule is CCC(C)[C@@H]1N=C(C(C)C)c2cc(Cl)ccc2N(CC(=O)O)C1=O. The number of benzene rings is 1. The van der Waals surface area contributed by atoms with Gasteiger partial charge in [-0.05, 0) is 30.0 Å². The quantitative estimate of drug-likeness (QED) is 0.881. The number of amides is 1. The number of carboxylic acids is 1. The molecule has 1 aromatic rings. The van der Waals surface area contributed by atoms with Gasteiger partial charge in [-0.25, -0.2) is 0 Å². The molecule has 0 aliphatic carbocycles. The highest BCUT2D eigenvalue weighted by Gasteiger charge is 2.35. The zero-order valence-electron chi connectivity index (χ0n) is 14.4. The number of fused-ring (bicyclic) bond motifs is 1. The lowest BCUT2D eigenvalue weighted by Crippen LogP contribution is -2.43. The topological polar surface area (TPSA) is 70.0 Å². The van der Waals surface area contributed by atoms with E-state index in [1.165, 1.54) is 4.90 Å². The Morgan fingerprint density at radius 3 is 2.58 bits per heavy atom. The number of benzodiazepines with no additional fused rings is 1.